The molecule has 0 aromatic rings. The van der Waals surface area contributed by atoms with E-state index in [0.717, 1.165) is 21.0 Å². The third-order valence-electron chi connectivity index (χ3n) is 1.75. The SMILES string of the molecule is CC(C)CC1SSSC(C(C)C)SS1. The van der Waals surface area contributed by atoms with Crippen LogP contribution in [-0.2, 0) is 0 Å². The van der Waals surface area contributed by atoms with Crippen LogP contribution in [0.25, 0.3) is 0 Å². The normalized spacial score (nSPS) is 29.6. The van der Waals surface area contributed by atoms with Gasteiger partial charge in [-0.3, -0.25) is 0 Å². The predicted octanol–water partition coefficient (Wildman–Crippen LogP) is 5.77. The fourth-order valence-electron chi connectivity index (χ4n) is 0.940. The number of hydrogen-bond donors (Lipinski definition) is 0. The molecule has 0 bridgehead atoms. The van der Waals surface area contributed by atoms with Crippen molar-refractivity contribution in [3.05, 3.63) is 0 Å². The monoisotopic (exact) mass is 286 g/mol. The first-order valence-corrected chi connectivity index (χ1v) is 10.8. The van der Waals surface area contributed by atoms with E-state index in [0.29, 0.717) is 0 Å². The third kappa shape index (κ3) is 5.19. The van der Waals surface area contributed by atoms with Crippen LogP contribution in [-0.4, -0.2) is 9.16 Å². The summed E-state index contributed by atoms with van der Waals surface area (Å²) < 4.78 is 1.54. The number of hydrogen-bond acceptors (Lipinski definition) is 5. The van der Waals surface area contributed by atoms with E-state index in [2.05, 4.69) is 60.1 Å². The van der Waals surface area contributed by atoms with Gasteiger partial charge < -0.3 is 0 Å². The van der Waals surface area contributed by atoms with Crippen molar-refractivity contribution in [2.75, 3.05) is 0 Å². The standard InChI is InChI=1S/C9H18S5/c1-6(2)5-8-10-12-9(7(3)4)13-14-11-8/h6-9H,5H2,1-4H3. The van der Waals surface area contributed by atoms with Gasteiger partial charge in [0.2, 0.25) is 0 Å². The Morgan fingerprint density at radius 2 is 1.64 bits per heavy atom. The van der Waals surface area contributed by atoms with Gasteiger partial charge in [-0.05, 0) is 28.1 Å². The molecule has 0 aromatic heterocycles. The highest BCUT2D eigenvalue weighted by Gasteiger charge is 2.24. The van der Waals surface area contributed by atoms with Gasteiger partial charge in [-0.15, -0.1) is 0 Å². The summed E-state index contributed by atoms with van der Waals surface area (Å²) in [6.45, 7) is 9.27. The van der Waals surface area contributed by atoms with Gasteiger partial charge in [0.25, 0.3) is 0 Å². The van der Waals surface area contributed by atoms with E-state index in [1.165, 1.54) is 6.42 Å². The summed E-state index contributed by atoms with van der Waals surface area (Å²) in [6, 6.07) is 0. The predicted molar refractivity (Wildman–Crippen MR) is 79.8 cm³/mol. The highest BCUT2D eigenvalue weighted by molar-refractivity contribution is 9.13. The molecular formula is C9H18S5. The second-order valence-corrected chi connectivity index (χ2v) is 11.7. The van der Waals surface area contributed by atoms with Gasteiger partial charge >= 0.3 is 0 Å². The highest BCUT2D eigenvalue weighted by atomic mass is 33.5. The van der Waals surface area contributed by atoms with Crippen LogP contribution in [0.1, 0.15) is 34.1 Å². The van der Waals surface area contributed by atoms with E-state index in [4.69, 9.17) is 0 Å². The average molecular weight is 287 g/mol. The minimum Gasteiger partial charge on any atom is -0.0776 e. The third-order valence-corrected chi connectivity index (χ3v) is 11.8. The average Bonchev–Trinajstić information content (AvgIpc) is 2.28. The summed E-state index contributed by atoms with van der Waals surface area (Å²) in [5.74, 6) is 1.60. The Bertz CT molecular complexity index is 159. The Morgan fingerprint density at radius 1 is 0.929 bits per heavy atom. The molecule has 5 heteroatoms. The molecule has 0 nitrogen and oxygen atoms in total. The van der Waals surface area contributed by atoms with E-state index >= 15 is 0 Å². The molecule has 14 heavy (non-hydrogen) atoms. The van der Waals surface area contributed by atoms with Crippen molar-refractivity contribution in [1.82, 2.24) is 0 Å². The van der Waals surface area contributed by atoms with E-state index in [-0.39, 0.29) is 0 Å². The van der Waals surface area contributed by atoms with Crippen molar-refractivity contribution in [2.24, 2.45) is 11.8 Å². The molecule has 1 rings (SSSR count). The molecule has 1 heterocycles. The Balaban J connectivity index is 2.33. The molecule has 0 saturated carbocycles. The van der Waals surface area contributed by atoms with Crippen LogP contribution < -0.4 is 0 Å². The van der Waals surface area contributed by atoms with E-state index in [1.54, 1.807) is 0 Å². The summed E-state index contributed by atoms with van der Waals surface area (Å²) in [5, 5.41) is 0. The molecule has 84 valence electrons. The van der Waals surface area contributed by atoms with Crippen molar-refractivity contribution >= 4 is 53.0 Å². The van der Waals surface area contributed by atoms with Crippen LogP contribution in [0.15, 0.2) is 0 Å². The lowest BCUT2D eigenvalue weighted by Gasteiger charge is -2.16. The van der Waals surface area contributed by atoms with Crippen molar-refractivity contribution < 1.29 is 0 Å². The Kier molecular flexibility index (Phi) is 7.05. The summed E-state index contributed by atoms with van der Waals surface area (Å²) in [4.78, 5) is 0. The molecule has 0 aliphatic carbocycles. The smallest absolute Gasteiger partial charge is 0.0740 e. The second-order valence-electron chi connectivity index (χ2n) is 4.12. The van der Waals surface area contributed by atoms with Crippen molar-refractivity contribution in [2.45, 2.75) is 43.3 Å². The lowest BCUT2D eigenvalue weighted by atomic mass is 10.2. The molecular weight excluding hydrogens is 268 g/mol. The van der Waals surface area contributed by atoms with Crippen molar-refractivity contribution in [3.63, 3.8) is 0 Å². The van der Waals surface area contributed by atoms with Gasteiger partial charge in [0, 0.05) is 0 Å². The summed E-state index contributed by atoms with van der Waals surface area (Å²) in [6.07, 6.45) is 1.33. The first-order chi connectivity index (χ1) is 6.59. The zero-order valence-electron chi connectivity index (χ0n) is 9.06. The Labute approximate surface area is 107 Å². The van der Waals surface area contributed by atoms with Crippen LogP contribution in [0.2, 0.25) is 0 Å². The Hall–Kier alpha value is 1.75. The van der Waals surface area contributed by atoms with E-state index in [1.807, 2.05) is 20.6 Å². The lowest BCUT2D eigenvalue weighted by Crippen LogP contribution is -2.03. The van der Waals surface area contributed by atoms with Crippen molar-refractivity contribution in [1.29, 1.82) is 0 Å². The molecule has 0 radical (unpaired) electrons. The molecule has 1 aliphatic heterocycles. The number of rotatable bonds is 3. The molecule has 1 fully saturated rings. The van der Waals surface area contributed by atoms with Crippen LogP contribution >= 0.6 is 53.0 Å². The topological polar surface area (TPSA) is 0 Å². The maximum Gasteiger partial charge on any atom is 0.0740 e. The molecule has 0 spiro atoms. The fourth-order valence-corrected chi connectivity index (χ4v) is 12.9. The van der Waals surface area contributed by atoms with Gasteiger partial charge in [-0.1, -0.05) is 70.9 Å². The quantitative estimate of drug-likeness (QED) is 0.603. The van der Waals surface area contributed by atoms with Crippen molar-refractivity contribution in [3.8, 4) is 0 Å². The zero-order valence-corrected chi connectivity index (χ0v) is 13.1. The van der Waals surface area contributed by atoms with Crippen LogP contribution in [0, 0.1) is 11.8 Å². The summed E-state index contributed by atoms with van der Waals surface area (Å²) in [7, 11) is 10.3. The van der Waals surface area contributed by atoms with Gasteiger partial charge in [0.1, 0.15) is 0 Å². The summed E-state index contributed by atoms with van der Waals surface area (Å²) >= 11 is 0. The zero-order chi connectivity index (χ0) is 10.6. The molecule has 0 amide bonds. The first-order valence-electron chi connectivity index (χ1n) is 4.90. The second kappa shape index (κ2) is 7.15. The lowest BCUT2D eigenvalue weighted by molar-refractivity contribution is 0.621. The molecule has 2 unspecified atom stereocenters. The Morgan fingerprint density at radius 3 is 2.21 bits per heavy atom. The molecule has 1 saturated heterocycles. The molecule has 2 atom stereocenters. The minimum absolute atomic E-state index is 0.759. The van der Waals surface area contributed by atoms with E-state index in [9.17, 15) is 0 Å². The first kappa shape index (κ1) is 13.8. The summed E-state index contributed by atoms with van der Waals surface area (Å²) in [5.41, 5.74) is 0. The molecule has 0 N–H and O–H groups in total. The minimum atomic E-state index is 0.759. The van der Waals surface area contributed by atoms with Gasteiger partial charge in [-0.2, -0.15) is 0 Å². The maximum absolute atomic E-state index is 2.32. The fraction of sp³-hybridized carbons (Fsp3) is 1.00. The largest absolute Gasteiger partial charge is 0.0776 e. The maximum atomic E-state index is 2.32. The van der Waals surface area contributed by atoms with Crippen LogP contribution in [0.3, 0.4) is 0 Å². The van der Waals surface area contributed by atoms with E-state index < -0.39 is 0 Å². The van der Waals surface area contributed by atoms with Crippen LogP contribution in [0.4, 0.5) is 0 Å². The van der Waals surface area contributed by atoms with Crippen LogP contribution in [0.5, 0.6) is 0 Å². The van der Waals surface area contributed by atoms with Gasteiger partial charge in [0.05, 0.1) is 9.16 Å². The molecule has 1 aliphatic rings. The highest BCUT2D eigenvalue weighted by Crippen LogP contribution is 2.58. The van der Waals surface area contributed by atoms with Gasteiger partial charge in [0.15, 0.2) is 0 Å². The molecule has 0 aromatic carbocycles. The van der Waals surface area contributed by atoms with Gasteiger partial charge in [-0.25, -0.2) is 0 Å².